The number of unbranched alkanes of at least 4 members (excludes halogenated alkanes) is 3. The fourth-order valence-electron chi connectivity index (χ4n) is 3.05. The SMILES string of the molecule is CCCCCC=CC(O)C(C)C(=O)N1C(=O)OCC1Cc1ccccc1. The lowest BCUT2D eigenvalue weighted by molar-refractivity contribution is -0.135. The molecule has 3 atom stereocenters. The van der Waals surface area contributed by atoms with Gasteiger partial charge in [0, 0.05) is 0 Å². The lowest BCUT2D eigenvalue weighted by Crippen LogP contribution is -2.45. The first-order chi connectivity index (χ1) is 12.5. The number of carbonyl (C=O) groups excluding carboxylic acids is 2. The van der Waals surface area contributed by atoms with E-state index >= 15 is 0 Å². The van der Waals surface area contributed by atoms with Crippen LogP contribution in [0.25, 0.3) is 0 Å². The third-order valence-corrected chi connectivity index (χ3v) is 4.72. The number of nitrogens with zero attached hydrogens (tertiary/aromatic N) is 1. The Bertz CT molecular complexity index is 614. The molecule has 0 aromatic heterocycles. The zero-order valence-electron chi connectivity index (χ0n) is 15.6. The Labute approximate surface area is 155 Å². The Kier molecular flexibility index (Phi) is 7.85. The van der Waals surface area contributed by atoms with Crippen molar-refractivity contribution < 1.29 is 19.4 Å². The maximum atomic E-state index is 12.8. The van der Waals surface area contributed by atoms with E-state index in [-0.39, 0.29) is 18.6 Å². The van der Waals surface area contributed by atoms with Crippen LogP contribution in [0, 0.1) is 5.92 Å². The summed E-state index contributed by atoms with van der Waals surface area (Å²) in [7, 11) is 0. The first kappa shape index (κ1) is 20.2. The van der Waals surface area contributed by atoms with Crippen molar-refractivity contribution in [3.8, 4) is 0 Å². The first-order valence-corrected chi connectivity index (χ1v) is 9.43. The molecule has 1 aromatic rings. The molecular formula is C21H29NO4. The van der Waals surface area contributed by atoms with E-state index in [1.807, 2.05) is 36.4 Å². The second-order valence-electron chi connectivity index (χ2n) is 6.83. The van der Waals surface area contributed by atoms with Crippen molar-refractivity contribution in [2.45, 2.75) is 58.1 Å². The zero-order chi connectivity index (χ0) is 18.9. The minimum absolute atomic E-state index is 0.190. The molecule has 0 spiro atoms. The monoisotopic (exact) mass is 359 g/mol. The Morgan fingerprint density at radius 1 is 1.35 bits per heavy atom. The molecule has 1 fully saturated rings. The molecule has 1 heterocycles. The van der Waals surface area contributed by atoms with Crippen LogP contribution in [-0.2, 0) is 16.0 Å². The molecule has 5 nitrogen and oxygen atoms in total. The maximum absolute atomic E-state index is 12.8. The van der Waals surface area contributed by atoms with Gasteiger partial charge >= 0.3 is 6.09 Å². The minimum Gasteiger partial charge on any atom is -0.447 e. The van der Waals surface area contributed by atoms with Gasteiger partial charge in [-0.2, -0.15) is 0 Å². The van der Waals surface area contributed by atoms with Gasteiger partial charge in [-0.25, -0.2) is 9.69 Å². The molecule has 0 saturated carbocycles. The van der Waals surface area contributed by atoms with Gasteiger partial charge in [-0.05, 0) is 24.8 Å². The van der Waals surface area contributed by atoms with Gasteiger partial charge in [0.1, 0.15) is 6.61 Å². The Balaban J connectivity index is 1.97. The highest BCUT2D eigenvalue weighted by Crippen LogP contribution is 2.21. The number of amides is 2. The topological polar surface area (TPSA) is 66.8 Å². The van der Waals surface area contributed by atoms with Crippen LogP contribution in [0.3, 0.4) is 0 Å². The number of hydrogen-bond donors (Lipinski definition) is 1. The van der Waals surface area contributed by atoms with Gasteiger partial charge in [-0.3, -0.25) is 4.79 Å². The number of imide groups is 1. The van der Waals surface area contributed by atoms with E-state index in [1.165, 1.54) is 4.90 Å². The lowest BCUT2D eigenvalue weighted by atomic mass is 10.00. The summed E-state index contributed by atoms with van der Waals surface area (Å²) in [6, 6.07) is 9.36. The largest absolute Gasteiger partial charge is 0.447 e. The highest BCUT2D eigenvalue weighted by atomic mass is 16.6. The molecule has 1 aromatic carbocycles. The van der Waals surface area contributed by atoms with Crippen molar-refractivity contribution in [2.24, 2.45) is 5.92 Å². The van der Waals surface area contributed by atoms with E-state index in [0.717, 1.165) is 31.2 Å². The van der Waals surface area contributed by atoms with Crippen LogP contribution in [0.1, 0.15) is 45.1 Å². The fraction of sp³-hybridized carbons (Fsp3) is 0.524. The molecule has 2 rings (SSSR count). The van der Waals surface area contributed by atoms with Gasteiger partial charge in [-0.15, -0.1) is 0 Å². The smallest absolute Gasteiger partial charge is 0.416 e. The summed E-state index contributed by atoms with van der Waals surface area (Å²) in [5.41, 5.74) is 1.04. The van der Waals surface area contributed by atoms with Crippen LogP contribution in [0.2, 0.25) is 0 Å². The molecule has 0 radical (unpaired) electrons. The first-order valence-electron chi connectivity index (χ1n) is 9.43. The summed E-state index contributed by atoms with van der Waals surface area (Å²) >= 11 is 0. The molecule has 2 amide bonds. The van der Waals surface area contributed by atoms with Crippen LogP contribution in [-0.4, -0.2) is 40.8 Å². The number of cyclic esters (lactones) is 1. The van der Waals surface area contributed by atoms with E-state index in [0.29, 0.717) is 6.42 Å². The summed E-state index contributed by atoms with van der Waals surface area (Å²) in [4.78, 5) is 26.0. The molecule has 5 heteroatoms. The number of allylic oxidation sites excluding steroid dienone is 1. The minimum atomic E-state index is -0.907. The molecule has 0 aliphatic carbocycles. The van der Waals surface area contributed by atoms with Gasteiger partial charge in [0.2, 0.25) is 5.91 Å². The van der Waals surface area contributed by atoms with E-state index in [9.17, 15) is 14.7 Å². The highest BCUT2D eigenvalue weighted by Gasteiger charge is 2.40. The Hall–Kier alpha value is -2.14. The van der Waals surface area contributed by atoms with Gasteiger partial charge in [0.05, 0.1) is 18.1 Å². The predicted octanol–water partition coefficient (Wildman–Crippen LogP) is 3.71. The van der Waals surface area contributed by atoms with Crippen molar-refractivity contribution in [2.75, 3.05) is 6.61 Å². The van der Waals surface area contributed by atoms with Gasteiger partial charge in [0.15, 0.2) is 0 Å². The predicted molar refractivity (Wildman–Crippen MR) is 101 cm³/mol. The number of carbonyl (C=O) groups is 2. The zero-order valence-corrected chi connectivity index (χ0v) is 15.6. The number of benzene rings is 1. The van der Waals surface area contributed by atoms with E-state index in [1.54, 1.807) is 13.0 Å². The average molecular weight is 359 g/mol. The maximum Gasteiger partial charge on any atom is 0.416 e. The van der Waals surface area contributed by atoms with Gasteiger partial charge in [-0.1, -0.05) is 69.2 Å². The van der Waals surface area contributed by atoms with Gasteiger partial charge in [0.25, 0.3) is 0 Å². The molecule has 1 aliphatic rings. The third kappa shape index (κ3) is 5.43. The Morgan fingerprint density at radius 3 is 2.77 bits per heavy atom. The quantitative estimate of drug-likeness (QED) is 0.539. The molecule has 0 bridgehead atoms. The number of ether oxygens (including phenoxy) is 1. The third-order valence-electron chi connectivity index (χ3n) is 4.72. The second kappa shape index (κ2) is 10.1. The average Bonchev–Trinajstić information content (AvgIpc) is 3.01. The lowest BCUT2D eigenvalue weighted by Gasteiger charge is -2.24. The van der Waals surface area contributed by atoms with E-state index in [4.69, 9.17) is 4.74 Å². The normalized spacial score (nSPS) is 19.6. The summed E-state index contributed by atoms with van der Waals surface area (Å²) in [5, 5.41) is 10.3. The standard InChI is InChI=1S/C21H29NO4/c1-3-4-5-6-10-13-19(23)16(2)20(24)22-18(15-26-21(22)25)14-17-11-8-7-9-12-17/h7-13,16,18-19,23H,3-6,14-15H2,1-2H3. The summed E-state index contributed by atoms with van der Waals surface area (Å²) in [5.74, 6) is -1.08. The fourth-order valence-corrected chi connectivity index (χ4v) is 3.05. The summed E-state index contributed by atoms with van der Waals surface area (Å²) < 4.78 is 5.09. The van der Waals surface area contributed by atoms with Crippen LogP contribution in [0.5, 0.6) is 0 Å². The number of aliphatic hydroxyl groups is 1. The van der Waals surface area contributed by atoms with Gasteiger partial charge < -0.3 is 9.84 Å². The Morgan fingerprint density at radius 2 is 2.08 bits per heavy atom. The molecular weight excluding hydrogens is 330 g/mol. The molecule has 142 valence electrons. The van der Waals surface area contributed by atoms with Crippen LogP contribution in [0.15, 0.2) is 42.5 Å². The highest BCUT2D eigenvalue weighted by molar-refractivity contribution is 5.95. The van der Waals surface area contributed by atoms with Crippen molar-refractivity contribution in [1.29, 1.82) is 0 Å². The van der Waals surface area contributed by atoms with Crippen LogP contribution < -0.4 is 0 Å². The van der Waals surface area contributed by atoms with Crippen LogP contribution in [0.4, 0.5) is 4.79 Å². The summed E-state index contributed by atoms with van der Waals surface area (Å²) in [6.45, 7) is 3.98. The van der Waals surface area contributed by atoms with Crippen molar-refractivity contribution >= 4 is 12.0 Å². The van der Waals surface area contributed by atoms with Crippen molar-refractivity contribution in [3.63, 3.8) is 0 Å². The molecule has 1 saturated heterocycles. The van der Waals surface area contributed by atoms with Crippen LogP contribution >= 0.6 is 0 Å². The number of hydrogen-bond acceptors (Lipinski definition) is 4. The van der Waals surface area contributed by atoms with Crippen molar-refractivity contribution in [3.05, 3.63) is 48.0 Å². The molecule has 1 aliphatic heterocycles. The van der Waals surface area contributed by atoms with E-state index < -0.39 is 18.1 Å². The molecule has 1 N–H and O–H groups in total. The molecule has 26 heavy (non-hydrogen) atoms. The summed E-state index contributed by atoms with van der Waals surface area (Å²) in [6.07, 6.45) is 6.83. The van der Waals surface area contributed by atoms with E-state index in [2.05, 4.69) is 6.92 Å². The molecule has 3 unspecified atom stereocenters. The van der Waals surface area contributed by atoms with Crippen molar-refractivity contribution in [1.82, 2.24) is 4.90 Å². The number of rotatable bonds is 9. The number of aliphatic hydroxyl groups excluding tert-OH is 1. The second-order valence-corrected chi connectivity index (χ2v) is 6.83.